The van der Waals surface area contributed by atoms with Crippen molar-refractivity contribution >= 4 is 17.6 Å². The van der Waals surface area contributed by atoms with E-state index in [0.717, 1.165) is 12.0 Å². The van der Waals surface area contributed by atoms with Gasteiger partial charge < -0.3 is 14.8 Å². The van der Waals surface area contributed by atoms with E-state index in [-0.39, 0.29) is 11.8 Å². The van der Waals surface area contributed by atoms with E-state index in [0.29, 0.717) is 29.4 Å². The van der Waals surface area contributed by atoms with Crippen LogP contribution in [-0.4, -0.2) is 11.9 Å². The molecule has 0 saturated heterocycles. The summed E-state index contributed by atoms with van der Waals surface area (Å²) in [7, 11) is 0. The molecule has 3 aromatic rings. The number of amides is 1. The fourth-order valence-corrected chi connectivity index (χ4v) is 2.65. The zero-order chi connectivity index (χ0) is 21.3. The molecular formula is C25H25NO4. The summed E-state index contributed by atoms with van der Waals surface area (Å²) in [5.41, 5.74) is 2.13. The lowest BCUT2D eigenvalue weighted by Gasteiger charge is -2.10. The van der Waals surface area contributed by atoms with E-state index in [4.69, 9.17) is 9.47 Å². The average molecular weight is 403 g/mol. The molecule has 0 fully saturated rings. The van der Waals surface area contributed by atoms with Crippen LogP contribution in [0.25, 0.3) is 0 Å². The minimum Gasteiger partial charge on any atom is -0.489 e. The Labute approximate surface area is 176 Å². The van der Waals surface area contributed by atoms with Crippen molar-refractivity contribution < 1.29 is 19.1 Å². The van der Waals surface area contributed by atoms with Gasteiger partial charge in [0, 0.05) is 11.6 Å². The largest absolute Gasteiger partial charge is 0.489 e. The van der Waals surface area contributed by atoms with Gasteiger partial charge in [-0.2, -0.15) is 0 Å². The van der Waals surface area contributed by atoms with Crippen LogP contribution >= 0.6 is 0 Å². The maximum absolute atomic E-state index is 12.4. The topological polar surface area (TPSA) is 64.6 Å². The summed E-state index contributed by atoms with van der Waals surface area (Å²) >= 11 is 0. The predicted octanol–water partition coefficient (Wildman–Crippen LogP) is 5.47. The minimum absolute atomic E-state index is 0.0394. The minimum atomic E-state index is -0.465. The van der Waals surface area contributed by atoms with Crippen LogP contribution in [-0.2, 0) is 11.4 Å². The summed E-state index contributed by atoms with van der Waals surface area (Å²) in [6, 6.07) is 23.4. The number of carbonyl (C=O) groups excluding carboxylic acids is 2. The number of hydrogen-bond donors (Lipinski definition) is 1. The van der Waals surface area contributed by atoms with Gasteiger partial charge in [0.1, 0.15) is 18.1 Å². The van der Waals surface area contributed by atoms with Crippen LogP contribution in [0.2, 0.25) is 0 Å². The Morgan fingerprint density at radius 3 is 2.13 bits per heavy atom. The van der Waals surface area contributed by atoms with E-state index < -0.39 is 5.97 Å². The Balaban J connectivity index is 1.53. The molecule has 1 N–H and O–H groups in total. The first-order chi connectivity index (χ1) is 14.5. The number of hydrogen-bond acceptors (Lipinski definition) is 4. The van der Waals surface area contributed by atoms with Crippen molar-refractivity contribution in [1.82, 2.24) is 0 Å². The summed E-state index contributed by atoms with van der Waals surface area (Å²) in [5, 5.41) is 2.83. The number of ether oxygens (including phenoxy) is 2. The van der Waals surface area contributed by atoms with Gasteiger partial charge in [0.05, 0.1) is 5.56 Å². The van der Waals surface area contributed by atoms with Crippen molar-refractivity contribution in [3.63, 3.8) is 0 Å². The summed E-state index contributed by atoms with van der Waals surface area (Å²) in [4.78, 5) is 24.3. The molecule has 5 heteroatoms. The quantitative estimate of drug-likeness (QED) is 0.400. The van der Waals surface area contributed by atoms with Crippen LogP contribution in [0.4, 0.5) is 5.69 Å². The molecule has 1 atom stereocenters. The van der Waals surface area contributed by atoms with E-state index in [9.17, 15) is 9.59 Å². The average Bonchev–Trinajstić information content (AvgIpc) is 2.79. The van der Waals surface area contributed by atoms with Crippen molar-refractivity contribution in [2.75, 3.05) is 5.32 Å². The summed E-state index contributed by atoms with van der Waals surface area (Å²) < 4.78 is 11.1. The van der Waals surface area contributed by atoms with Gasteiger partial charge in [-0.05, 0) is 60.5 Å². The summed E-state index contributed by atoms with van der Waals surface area (Å²) in [5.74, 6) is 0.561. The monoisotopic (exact) mass is 403 g/mol. The van der Waals surface area contributed by atoms with Crippen LogP contribution in [0, 0.1) is 5.92 Å². The highest BCUT2D eigenvalue weighted by atomic mass is 16.5. The van der Waals surface area contributed by atoms with Crippen molar-refractivity contribution in [1.29, 1.82) is 0 Å². The van der Waals surface area contributed by atoms with E-state index in [2.05, 4.69) is 5.32 Å². The van der Waals surface area contributed by atoms with Gasteiger partial charge in [0.25, 0.3) is 0 Å². The predicted molar refractivity (Wildman–Crippen MR) is 117 cm³/mol. The second kappa shape index (κ2) is 10.3. The summed E-state index contributed by atoms with van der Waals surface area (Å²) in [6.07, 6.45) is 0.770. The Morgan fingerprint density at radius 2 is 1.50 bits per heavy atom. The third-order valence-electron chi connectivity index (χ3n) is 4.73. The smallest absolute Gasteiger partial charge is 0.343 e. The number of rotatable bonds is 8. The van der Waals surface area contributed by atoms with Crippen LogP contribution in [0.15, 0.2) is 78.9 Å². The highest BCUT2D eigenvalue weighted by molar-refractivity contribution is 5.94. The molecule has 0 saturated carbocycles. The number of benzene rings is 3. The van der Waals surface area contributed by atoms with Crippen molar-refractivity contribution in [2.45, 2.75) is 26.9 Å². The van der Waals surface area contributed by atoms with Crippen LogP contribution < -0.4 is 14.8 Å². The third-order valence-corrected chi connectivity index (χ3v) is 4.73. The molecular weight excluding hydrogens is 378 g/mol. The Hall–Kier alpha value is -3.60. The first-order valence-electron chi connectivity index (χ1n) is 9.95. The van der Waals surface area contributed by atoms with Gasteiger partial charge in [0.2, 0.25) is 5.91 Å². The molecule has 0 heterocycles. The fourth-order valence-electron chi connectivity index (χ4n) is 2.65. The Morgan fingerprint density at radius 1 is 0.867 bits per heavy atom. The van der Waals surface area contributed by atoms with E-state index >= 15 is 0 Å². The molecule has 1 unspecified atom stereocenters. The number of nitrogens with one attached hydrogen (secondary N) is 1. The Bertz CT molecular complexity index is 966. The molecule has 1 amide bonds. The molecule has 3 aromatic carbocycles. The maximum atomic E-state index is 12.4. The van der Waals surface area contributed by atoms with Crippen LogP contribution in [0.1, 0.15) is 36.2 Å². The number of carbonyl (C=O) groups is 2. The fraction of sp³-hybridized carbons (Fsp3) is 0.200. The van der Waals surface area contributed by atoms with Gasteiger partial charge >= 0.3 is 5.97 Å². The highest BCUT2D eigenvalue weighted by Gasteiger charge is 2.12. The molecule has 5 nitrogen and oxygen atoms in total. The maximum Gasteiger partial charge on any atom is 0.343 e. The van der Waals surface area contributed by atoms with Gasteiger partial charge in [-0.1, -0.05) is 44.2 Å². The van der Waals surface area contributed by atoms with Crippen molar-refractivity contribution in [3.05, 3.63) is 90.0 Å². The molecule has 0 bridgehead atoms. The first kappa shape index (κ1) is 21.1. The molecule has 0 aromatic heterocycles. The molecule has 0 radical (unpaired) electrons. The lowest BCUT2D eigenvalue weighted by atomic mass is 10.1. The second-order valence-electron chi connectivity index (χ2n) is 7.01. The van der Waals surface area contributed by atoms with E-state index in [1.807, 2.05) is 44.2 Å². The highest BCUT2D eigenvalue weighted by Crippen LogP contribution is 2.20. The van der Waals surface area contributed by atoms with Crippen LogP contribution in [0.5, 0.6) is 11.5 Å². The number of anilines is 1. The second-order valence-corrected chi connectivity index (χ2v) is 7.01. The first-order valence-corrected chi connectivity index (χ1v) is 9.95. The Kier molecular flexibility index (Phi) is 7.22. The molecule has 30 heavy (non-hydrogen) atoms. The third kappa shape index (κ3) is 5.95. The SMILES string of the molecule is CCC(C)C(=O)Nc1ccc(C(=O)Oc2ccc(OCc3ccccc3)cc2)cc1. The zero-order valence-electron chi connectivity index (χ0n) is 17.1. The van der Waals surface area contributed by atoms with Gasteiger partial charge in [0.15, 0.2) is 0 Å². The lowest BCUT2D eigenvalue weighted by Crippen LogP contribution is -2.19. The van der Waals surface area contributed by atoms with Crippen LogP contribution in [0.3, 0.4) is 0 Å². The number of esters is 1. The van der Waals surface area contributed by atoms with Gasteiger partial charge in [-0.15, -0.1) is 0 Å². The molecule has 3 rings (SSSR count). The molecule has 0 spiro atoms. The molecule has 0 aliphatic heterocycles. The van der Waals surface area contributed by atoms with Crippen molar-refractivity contribution in [2.24, 2.45) is 5.92 Å². The summed E-state index contributed by atoms with van der Waals surface area (Å²) in [6.45, 7) is 4.31. The molecule has 0 aliphatic carbocycles. The molecule has 154 valence electrons. The van der Waals surface area contributed by atoms with Crippen molar-refractivity contribution in [3.8, 4) is 11.5 Å². The van der Waals surface area contributed by atoms with Gasteiger partial charge in [-0.3, -0.25) is 4.79 Å². The molecule has 0 aliphatic rings. The van der Waals surface area contributed by atoms with Gasteiger partial charge in [-0.25, -0.2) is 4.79 Å². The lowest BCUT2D eigenvalue weighted by molar-refractivity contribution is -0.119. The standard InChI is InChI=1S/C25H25NO4/c1-3-18(2)24(27)26-21-11-9-20(10-12-21)25(28)30-23-15-13-22(14-16-23)29-17-19-7-5-4-6-8-19/h4-16,18H,3,17H2,1-2H3,(H,26,27). The van der Waals surface area contributed by atoms with E-state index in [1.54, 1.807) is 48.5 Å². The normalized spacial score (nSPS) is 11.4. The van der Waals surface area contributed by atoms with E-state index in [1.165, 1.54) is 0 Å². The zero-order valence-corrected chi connectivity index (χ0v) is 17.1.